The van der Waals surface area contributed by atoms with Gasteiger partial charge in [-0.3, -0.25) is 0 Å². The van der Waals surface area contributed by atoms with Gasteiger partial charge in [0.25, 0.3) is 0 Å². The summed E-state index contributed by atoms with van der Waals surface area (Å²) >= 11 is 0. The molecule has 2 nitrogen and oxygen atoms in total. The Kier molecular flexibility index (Phi) is 3.47. The molecule has 0 saturated carbocycles. The van der Waals surface area contributed by atoms with Crippen LogP contribution in [0.1, 0.15) is 20.3 Å². The molecule has 0 aromatic carbocycles. The van der Waals surface area contributed by atoms with Crippen LogP contribution in [0.3, 0.4) is 0 Å². The van der Waals surface area contributed by atoms with Gasteiger partial charge in [0.1, 0.15) is 0 Å². The van der Waals surface area contributed by atoms with Crippen LogP contribution in [0.2, 0.25) is 0 Å². The minimum atomic E-state index is -0.951. The SMILES string of the molecule is C=C(C=C(C)CC)C(=O)O. The molecule has 0 spiro atoms. The van der Waals surface area contributed by atoms with Gasteiger partial charge in [-0.1, -0.05) is 19.1 Å². The molecular weight excluding hydrogens is 128 g/mol. The van der Waals surface area contributed by atoms with E-state index in [1.54, 1.807) is 6.08 Å². The van der Waals surface area contributed by atoms with Crippen LogP contribution in [-0.4, -0.2) is 11.1 Å². The maximum absolute atomic E-state index is 10.2. The maximum Gasteiger partial charge on any atom is 0.335 e. The van der Waals surface area contributed by atoms with Gasteiger partial charge in [-0.25, -0.2) is 4.79 Å². The second kappa shape index (κ2) is 3.88. The van der Waals surface area contributed by atoms with Crippen LogP contribution in [0.25, 0.3) is 0 Å². The molecule has 2 heteroatoms. The molecule has 0 atom stereocenters. The molecule has 56 valence electrons. The Bertz CT molecular complexity index is 178. The van der Waals surface area contributed by atoms with Crippen molar-refractivity contribution in [2.24, 2.45) is 0 Å². The summed E-state index contributed by atoms with van der Waals surface area (Å²) in [5.41, 5.74) is 1.19. The second-order valence-electron chi connectivity index (χ2n) is 2.17. The van der Waals surface area contributed by atoms with E-state index in [0.29, 0.717) is 0 Å². The van der Waals surface area contributed by atoms with Gasteiger partial charge in [0, 0.05) is 0 Å². The molecule has 0 aromatic heterocycles. The highest BCUT2D eigenvalue weighted by molar-refractivity contribution is 5.89. The molecule has 0 amide bonds. The van der Waals surface area contributed by atoms with Crippen molar-refractivity contribution in [3.63, 3.8) is 0 Å². The molecule has 0 radical (unpaired) electrons. The molecule has 0 aromatic rings. The van der Waals surface area contributed by atoms with E-state index in [1.165, 1.54) is 0 Å². The number of rotatable bonds is 3. The first kappa shape index (κ1) is 8.95. The van der Waals surface area contributed by atoms with Crippen molar-refractivity contribution in [3.05, 3.63) is 23.8 Å². The Morgan fingerprint density at radius 3 is 2.50 bits per heavy atom. The Labute approximate surface area is 60.9 Å². The summed E-state index contributed by atoms with van der Waals surface area (Å²) in [5, 5.41) is 8.38. The van der Waals surface area contributed by atoms with Gasteiger partial charge >= 0.3 is 5.97 Å². The molecular formula is C8H12O2. The number of allylic oxidation sites excluding steroid dienone is 1. The van der Waals surface area contributed by atoms with Crippen LogP contribution < -0.4 is 0 Å². The average Bonchev–Trinajstić information content (AvgIpc) is 1.87. The third-order valence-electron chi connectivity index (χ3n) is 1.25. The number of carbonyl (C=O) groups is 1. The lowest BCUT2D eigenvalue weighted by atomic mass is 10.1. The highest BCUT2D eigenvalue weighted by Gasteiger charge is 1.98. The first-order valence-electron chi connectivity index (χ1n) is 3.17. The molecule has 10 heavy (non-hydrogen) atoms. The van der Waals surface area contributed by atoms with Crippen LogP contribution in [0.4, 0.5) is 0 Å². The van der Waals surface area contributed by atoms with E-state index in [4.69, 9.17) is 5.11 Å². The molecule has 0 unspecified atom stereocenters. The fraction of sp³-hybridized carbons (Fsp3) is 0.375. The highest BCUT2D eigenvalue weighted by atomic mass is 16.4. The quantitative estimate of drug-likeness (QED) is 0.480. The molecule has 0 aliphatic carbocycles. The van der Waals surface area contributed by atoms with Crippen LogP contribution in [-0.2, 0) is 4.79 Å². The predicted octanol–water partition coefficient (Wildman–Crippen LogP) is 1.98. The van der Waals surface area contributed by atoms with Crippen molar-refractivity contribution in [2.75, 3.05) is 0 Å². The van der Waals surface area contributed by atoms with Gasteiger partial charge in [0.05, 0.1) is 5.57 Å². The van der Waals surface area contributed by atoms with Crippen LogP contribution in [0.15, 0.2) is 23.8 Å². The van der Waals surface area contributed by atoms with Crippen LogP contribution in [0.5, 0.6) is 0 Å². The van der Waals surface area contributed by atoms with Gasteiger partial charge in [0.15, 0.2) is 0 Å². The molecule has 0 bridgehead atoms. The summed E-state index contributed by atoms with van der Waals surface area (Å²) in [4.78, 5) is 10.2. The second-order valence-corrected chi connectivity index (χ2v) is 2.17. The van der Waals surface area contributed by atoms with Crippen molar-refractivity contribution < 1.29 is 9.90 Å². The van der Waals surface area contributed by atoms with Crippen molar-refractivity contribution >= 4 is 5.97 Å². The first-order valence-corrected chi connectivity index (χ1v) is 3.17. The summed E-state index contributed by atoms with van der Waals surface area (Å²) in [7, 11) is 0. The normalized spacial score (nSPS) is 11.2. The van der Waals surface area contributed by atoms with Gasteiger partial charge < -0.3 is 5.11 Å². The van der Waals surface area contributed by atoms with Gasteiger partial charge in [-0.05, 0) is 19.4 Å². The molecule has 0 rings (SSSR count). The predicted molar refractivity (Wildman–Crippen MR) is 40.8 cm³/mol. The number of aliphatic carboxylic acids is 1. The summed E-state index contributed by atoms with van der Waals surface area (Å²) < 4.78 is 0. The zero-order valence-corrected chi connectivity index (χ0v) is 6.35. The van der Waals surface area contributed by atoms with E-state index in [2.05, 4.69) is 6.58 Å². The number of hydrogen-bond acceptors (Lipinski definition) is 1. The summed E-state index contributed by atoms with van der Waals surface area (Å²) in [6, 6.07) is 0. The molecule has 0 saturated heterocycles. The minimum absolute atomic E-state index is 0.152. The van der Waals surface area contributed by atoms with E-state index < -0.39 is 5.97 Å². The van der Waals surface area contributed by atoms with Crippen molar-refractivity contribution in [1.82, 2.24) is 0 Å². The van der Waals surface area contributed by atoms with Crippen molar-refractivity contribution in [3.8, 4) is 0 Å². The van der Waals surface area contributed by atoms with E-state index in [0.717, 1.165) is 12.0 Å². The lowest BCUT2D eigenvalue weighted by molar-refractivity contribution is -0.132. The topological polar surface area (TPSA) is 37.3 Å². The van der Waals surface area contributed by atoms with Crippen LogP contribution >= 0.6 is 0 Å². The molecule has 0 aliphatic heterocycles. The Balaban J connectivity index is 4.13. The Hall–Kier alpha value is -1.05. The van der Waals surface area contributed by atoms with Crippen molar-refractivity contribution in [1.29, 1.82) is 0 Å². The third kappa shape index (κ3) is 3.07. The van der Waals surface area contributed by atoms with Crippen LogP contribution in [0, 0.1) is 0 Å². The number of carboxylic acid groups (broad SMARTS) is 1. The summed E-state index contributed by atoms with van der Waals surface area (Å²) in [5.74, 6) is -0.951. The lowest BCUT2D eigenvalue weighted by Crippen LogP contribution is -1.95. The first-order chi connectivity index (χ1) is 4.57. The summed E-state index contributed by atoms with van der Waals surface area (Å²) in [6.45, 7) is 7.22. The fourth-order valence-corrected chi connectivity index (χ4v) is 0.461. The Morgan fingerprint density at radius 1 is 1.70 bits per heavy atom. The highest BCUT2D eigenvalue weighted by Crippen LogP contribution is 2.03. The van der Waals surface area contributed by atoms with Gasteiger partial charge in [0.2, 0.25) is 0 Å². The third-order valence-corrected chi connectivity index (χ3v) is 1.25. The monoisotopic (exact) mass is 140 g/mol. The maximum atomic E-state index is 10.2. The van der Waals surface area contributed by atoms with Crippen molar-refractivity contribution in [2.45, 2.75) is 20.3 Å². The molecule has 1 N–H and O–H groups in total. The fourth-order valence-electron chi connectivity index (χ4n) is 0.461. The van der Waals surface area contributed by atoms with E-state index in [9.17, 15) is 4.79 Å². The van der Waals surface area contributed by atoms with Gasteiger partial charge in [-0.15, -0.1) is 0 Å². The number of hydrogen-bond donors (Lipinski definition) is 1. The zero-order valence-electron chi connectivity index (χ0n) is 6.35. The standard InChI is InChI=1S/C8H12O2/c1-4-6(2)5-7(3)8(9)10/h5H,3-4H2,1-2H3,(H,9,10). The average molecular weight is 140 g/mol. The Morgan fingerprint density at radius 2 is 2.20 bits per heavy atom. The van der Waals surface area contributed by atoms with E-state index in [-0.39, 0.29) is 5.57 Å². The zero-order chi connectivity index (χ0) is 8.15. The molecule has 0 fully saturated rings. The largest absolute Gasteiger partial charge is 0.478 e. The van der Waals surface area contributed by atoms with Gasteiger partial charge in [-0.2, -0.15) is 0 Å². The lowest BCUT2D eigenvalue weighted by Gasteiger charge is -1.94. The summed E-state index contributed by atoms with van der Waals surface area (Å²) in [6.07, 6.45) is 2.45. The van der Waals surface area contributed by atoms with E-state index >= 15 is 0 Å². The molecule has 0 heterocycles. The number of carboxylic acids is 1. The smallest absolute Gasteiger partial charge is 0.335 e. The van der Waals surface area contributed by atoms with E-state index in [1.807, 2.05) is 13.8 Å². The minimum Gasteiger partial charge on any atom is -0.478 e. The molecule has 0 aliphatic rings.